The number of benzene rings is 5. The van der Waals surface area contributed by atoms with Crippen LogP contribution in [0, 0.1) is 11.8 Å². The van der Waals surface area contributed by atoms with Gasteiger partial charge in [0.2, 0.25) is 0 Å². The SMILES string of the molecule is CC(CNCC(O)c1ccc(O)c2c1OCC(=O)N2)Cc1ccccc1.CNC.COc1ccc(CNc2cc(C(O)CNCC(C)CCn3cnc4ccccc43)ccc2O)cc1. The van der Waals surface area contributed by atoms with E-state index in [1.165, 1.54) is 11.6 Å². The molecular weight excluding hydrogens is 811 g/mol. The number of aromatic nitrogens is 2. The van der Waals surface area contributed by atoms with Crippen molar-refractivity contribution in [3.05, 3.63) is 138 Å². The van der Waals surface area contributed by atoms with Gasteiger partial charge in [0.1, 0.15) is 22.9 Å². The highest BCUT2D eigenvalue weighted by molar-refractivity contribution is 5.97. The third-order valence-electron chi connectivity index (χ3n) is 10.7. The Hall–Kier alpha value is -6.16. The summed E-state index contributed by atoms with van der Waals surface area (Å²) in [6.07, 6.45) is 2.42. The van der Waals surface area contributed by atoms with Gasteiger partial charge in [-0.2, -0.15) is 0 Å². The van der Waals surface area contributed by atoms with E-state index in [4.69, 9.17) is 9.47 Å². The highest BCUT2D eigenvalue weighted by Gasteiger charge is 2.25. The number of aliphatic hydroxyl groups excluding tert-OH is 2. The molecule has 14 nitrogen and oxygen atoms in total. The molecule has 0 spiro atoms. The molecule has 0 aliphatic carbocycles. The van der Waals surface area contributed by atoms with Crippen LogP contribution >= 0.6 is 0 Å². The third kappa shape index (κ3) is 14.7. The molecular formula is C50H65N7O7. The maximum atomic E-state index is 11.4. The summed E-state index contributed by atoms with van der Waals surface area (Å²) in [6, 6.07) is 34.5. The molecule has 4 atom stereocenters. The Morgan fingerprint density at radius 1 is 0.797 bits per heavy atom. The van der Waals surface area contributed by atoms with Gasteiger partial charge in [-0.25, -0.2) is 4.98 Å². The second kappa shape index (κ2) is 25.2. The summed E-state index contributed by atoms with van der Waals surface area (Å²) >= 11 is 0. The maximum absolute atomic E-state index is 11.4. The summed E-state index contributed by atoms with van der Waals surface area (Å²) in [5.41, 5.74) is 6.65. The number of aromatic hydroxyl groups is 2. The number of imidazole rings is 1. The van der Waals surface area contributed by atoms with E-state index in [9.17, 15) is 25.2 Å². The number of aryl methyl sites for hydroxylation is 1. The van der Waals surface area contributed by atoms with Crippen LogP contribution in [0.5, 0.6) is 23.0 Å². The van der Waals surface area contributed by atoms with Gasteiger partial charge in [0, 0.05) is 31.7 Å². The molecule has 0 radical (unpaired) electrons. The van der Waals surface area contributed by atoms with Gasteiger partial charge in [0.15, 0.2) is 12.4 Å². The van der Waals surface area contributed by atoms with Gasteiger partial charge in [-0.1, -0.05) is 74.5 Å². The Bertz CT molecular complexity index is 2320. The molecule has 6 aromatic rings. The van der Waals surface area contributed by atoms with E-state index in [1.807, 2.05) is 81.1 Å². The molecule has 0 fully saturated rings. The largest absolute Gasteiger partial charge is 0.506 e. The number of ether oxygens (including phenoxy) is 2. The zero-order chi connectivity index (χ0) is 45.8. The average Bonchev–Trinajstić information content (AvgIpc) is 3.72. The molecule has 1 amide bonds. The first-order valence-electron chi connectivity index (χ1n) is 21.8. The van der Waals surface area contributed by atoms with Gasteiger partial charge >= 0.3 is 0 Å². The summed E-state index contributed by atoms with van der Waals surface area (Å²) < 4.78 is 12.8. The monoisotopic (exact) mass is 875 g/mol. The van der Waals surface area contributed by atoms with E-state index < -0.39 is 12.2 Å². The van der Waals surface area contributed by atoms with E-state index in [1.54, 1.807) is 31.4 Å². The summed E-state index contributed by atoms with van der Waals surface area (Å²) in [6.45, 7) is 8.08. The van der Waals surface area contributed by atoms with E-state index in [0.29, 0.717) is 48.5 Å². The van der Waals surface area contributed by atoms with E-state index in [2.05, 4.69) is 68.2 Å². The molecule has 64 heavy (non-hydrogen) atoms. The number of phenolic OH excluding ortho intramolecular Hbond substituents is 2. The van der Waals surface area contributed by atoms with E-state index >= 15 is 0 Å². The Morgan fingerprint density at radius 3 is 2.20 bits per heavy atom. The van der Waals surface area contributed by atoms with Gasteiger partial charge in [-0.05, 0) is 117 Å². The molecule has 0 bridgehead atoms. The molecule has 1 aliphatic heterocycles. The number of phenols is 2. The van der Waals surface area contributed by atoms with Crippen molar-refractivity contribution in [3.8, 4) is 23.0 Å². The quantitative estimate of drug-likeness (QED) is 0.0389. The second-order valence-corrected chi connectivity index (χ2v) is 16.2. The number of fused-ring (bicyclic) bond motifs is 2. The van der Waals surface area contributed by atoms with Gasteiger partial charge in [-0.15, -0.1) is 0 Å². The smallest absolute Gasteiger partial charge is 0.262 e. The van der Waals surface area contributed by atoms with Crippen molar-refractivity contribution in [1.29, 1.82) is 0 Å². The number of anilines is 2. The van der Waals surface area contributed by atoms with Crippen molar-refractivity contribution in [1.82, 2.24) is 25.5 Å². The molecule has 0 saturated heterocycles. The number of carbonyl (C=O) groups is 1. The lowest BCUT2D eigenvalue weighted by Gasteiger charge is -2.24. The third-order valence-corrected chi connectivity index (χ3v) is 10.7. The van der Waals surface area contributed by atoms with Crippen LogP contribution in [0.25, 0.3) is 11.0 Å². The number of hydrogen-bond acceptors (Lipinski definition) is 12. The highest BCUT2D eigenvalue weighted by Crippen LogP contribution is 2.41. The van der Waals surface area contributed by atoms with Gasteiger partial charge in [0.25, 0.3) is 5.91 Å². The summed E-state index contributed by atoms with van der Waals surface area (Å²) in [4.78, 5) is 15.9. The fourth-order valence-electron chi connectivity index (χ4n) is 7.18. The number of carbonyl (C=O) groups excluding carboxylic acids is 1. The van der Waals surface area contributed by atoms with Crippen LogP contribution < -0.4 is 36.1 Å². The number of aliphatic hydroxyl groups is 2. The fraction of sp³-hybridized carbons (Fsp3) is 0.360. The number of hydrogen-bond donors (Lipinski definition) is 9. The number of para-hydroxylation sites is 2. The Kier molecular flexibility index (Phi) is 19.3. The molecule has 2 heterocycles. The number of rotatable bonds is 19. The lowest BCUT2D eigenvalue weighted by Crippen LogP contribution is -2.29. The highest BCUT2D eigenvalue weighted by atomic mass is 16.5. The second-order valence-electron chi connectivity index (χ2n) is 16.2. The number of nitrogens with zero attached hydrogens (tertiary/aromatic N) is 2. The van der Waals surface area contributed by atoms with Crippen molar-refractivity contribution in [3.63, 3.8) is 0 Å². The van der Waals surface area contributed by atoms with Crippen LogP contribution in [0.4, 0.5) is 11.4 Å². The summed E-state index contributed by atoms with van der Waals surface area (Å²) in [5, 5.41) is 56.6. The zero-order valence-corrected chi connectivity index (χ0v) is 37.6. The van der Waals surface area contributed by atoms with Crippen LogP contribution in [-0.2, 0) is 24.3 Å². The van der Waals surface area contributed by atoms with Crippen molar-refractivity contribution in [2.45, 2.75) is 52.0 Å². The predicted octanol–water partition coefficient (Wildman–Crippen LogP) is 6.77. The molecule has 9 N–H and O–H groups in total. The molecule has 7 rings (SSSR count). The van der Waals surface area contributed by atoms with Crippen molar-refractivity contribution in [2.24, 2.45) is 11.8 Å². The average molecular weight is 876 g/mol. The standard InChI is InChI=1S/C28H34N4O3.C20H24N2O4.C2H7N/c1-20(13-14-32-19-31-24-5-3-4-6-26(24)32)16-29-18-28(34)22-9-12-27(33)25(15-22)30-17-21-7-10-23(35-2)11-8-21;1-13(9-14-5-3-2-4-6-14)10-21-11-17(24)15-7-8-16(23)19-20(15)26-12-18(25)22-19;1-3-2/h3-12,15,19-20,28-30,33-34H,13-14,16-18H2,1-2H3;2-8,13,17,21,23-24H,9-12H2,1H3,(H,22,25);3H,1-2H3. The predicted molar refractivity (Wildman–Crippen MR) is 254 cm³/mol. The van der Waals surface area contributed by atoms with Crippen LogP contribution in [0.1, 0.15) is 54.7 Å². The first-order valence-corrected chi connectivity index (χ1v) is 21.8. The lowest BCUT2D eigenvalue weighted by molar-refractivity contribution is -0.118. The fourth-order valence-corrected chi connectivity index (χ4v) is 7.18. The summed E-state index contributed by atoms with van der Waals surface area (Å²) in [7, 11) is 5.39. The number of amides is 1. The first kappa shape index (κ1) is 48.9. The molecule has 0 saturated carbocycles. The van der Waals surface area contributed by atoms with Crippen LogP contribution in [-0.4, -0.2) is 89.9 Å². The molecule has 5 aromatic carbocycles. The lowest BCUT2D eigenvalue weighted by atomic mass is 10.0. The molecule has 4 unspecified atom stereocenters. The van der Waals surface area contributed by atoms with Crippen LogP contribution in [0.2, 0.25) is 0 Å². The van der Waals surface area contributed by atoms with Crippen LogP contribution in [0.15, 0.2) is 116 Å². The van der Waals surface area contributed by atoms with E-state index in [-0.39, 0.29) is 29.7 Å². The van der Waals surface area contributed by atoms with Gasteiger partial charge in [-0.3, -0.25) is 4.79 Å². The first-order chi connectivity index (χ1) is 31.0. The minimum absolute atomic E-state index is 0.0755. The molecule has 342 valence electrons. The van der Waals surface area contributed by atoms with Crippen molar-refractivity contribution >= 4 is 28.3 Å². The van der Waals surface area contributed by atoms with Crippen molar-refractivity contribution in [2.75, 3.05) is 64.6 Å². The van der Waals surface area contributed by atoms with Crippen molar-refractivity contribution < 1.29 is 34.7 Å². The number of methoxy groups -OCH3 is 1. The number of nitrogens with one attached hydrogen (secondary N) is 5. The molecule has 14 heteroatoms. The Labute approximate surface area is 376 Å². The Morgan fingerprint density at radius 2 is 1.47 bits per heavy atom. The normalized spacial score (nSPS) is 13.7. The van der Waals surface area contributed by atoms with Crippen LogP contribution in [0.3, 0.4) is 0 Å². The van der Waals surface area contributed by atoms with Gasteiger partial charge < -0.3 is 61.1 Å². The maximum Gasteiger partial charge on any atom is 0.262 e. The molecule has 1 aliphatic rings. The zero-order valence-electron chi connectivity index (χ0n) is 37.6. The minimum Gasteiger partial charge on any atom is -0.506 e. The topological polar surface area (TPSA) is 194 Å². The molecule has 1 aromatic heterocycles. The minimum atomic E-state index is -0.803. The Balaban J connectivity index is 0.000000236. The van der Waals surface area contributed by atoms with Gasteiger partial charge in [0.05, 0.1) is 42.4 Å². The van der Waals surface area contributed by atoms with E-state index in [0.717, 1.165) is 60.4 Å². The summed E-state index contributed by atoms with van der Waals surface area (Å²) in [5.74, 6) is 1.76.